The molecule has 1 atom stereocenters. The van der Waals surface area contributed by atoms with Crippen molar-refractivity contribution in [2.75, 3.05) is 19.5 Å². The topological polar surface area (TPSA) is 76.4 Å². The van der Waals surface area contributed by atoms with Crippen molar-refractivity contribution in [2.45, 2.75) is 5.75 Å². The lowest BCUT2D eigenvalue weighted by atomic mass is 10.1. The zero-order chi connectivity index (χ0) is 17.4. The van der Waals surface area contributed by atoms with Crippen LogP contribution in [-0.4, -0.2) is 29.6 Å². The van der Waals surface area contributed by atoms with Crippen LogP contribution in [0.4, 0.5) is 0 Å². The van der Waals surface area contributed by atoms with E-state index in [1.54, 1.807) is 48.7 Å². The van der Waals surface area contributed by atoms with Gasteiger partial charge >= 0.3 is 5.97 Å². The summed E-state index contributed by atoms with van der Waals surface area (Å²) in [6, 6.07) is 15.6. The summed E-state index contributed by atoms with van der Waals surface area (Å²) in [5.41, 5.74) is 1.82. The first-order chi connectivity index (χ1) is 11.6. The van der Waals surface area contributed by atoms with Crippen molar-refractivity contribution in [1.82, 2.24) is 0 Å². The minimum absolute atomic E-state index is 0.114. The fourth-order valence-corrected chi connectivity index (χ4v) is 2.67. The van der Waals surface area contributed by atoms with Crippen LogP contribution in [0.3, 0.4) is 0 Å². The third-order valence-corrected chi connectivity index (χ3v) is 3.84. The van der Waals surface area contributed by atoms with Gasteiger partial charge in [-0.3, -0.25) is 4.21 Å². The van der Waals surface area contributed by atoms with Gasteiger partial charge < -0.3 is 9.47 Å². The van der Waals surface area contributed by atoms with E-state index < -0.39 is 16.8 Å². The highest BCUT2D eigenvalue weighted by molar-refractivity contribution is 7.83. The SMILES string of the molecule is CS(=O)Cc1cccc(C(=O)OCCOc2ccc(C#N)cc2)c1. The summed E-state index contributed by atoms with van der Waals surface area (Å²) in [5, 5.41) is 8.71. The molecule has 2 aromatic carbocycles. The molecule has 0 saturated carbocycles. The van der Waals surface area contributed by atoms with E-state index in [0.717, 1.165) is 5.56 Å². The van der Waals surface area contributed by atoms with Crippen molar-refractivity contribution >= 4 is 16.8 Å². The molecule has 0 heterocycles. The molecule has 0 bridgehead atoms. The minimum Gasteiger partial charge on any atom is -0.490 e. The molecule has 0 aromatic heterocycles. The van der Waals surface area contributed by atoms with Gasteiger partial charge in [0.25, 0.3) is 0 Å². The average Bonchev–Trinajstić information content (AvgIpc) is 2.58. The van der Waals surface area contributed by atoms with Crippen LogP contribution in [0.1, 0.15) is 21.5 Å². The van der Waals surface area contributed by atoms with E-state index in [1.807, 2.05) is 12.1 Å². The first-order valence-corrected chi connectivity index (χ1v) is 9.00. The van der Waals surface area contributed by atoms with E-state index in [4.69, 9.17) is 14.7 Å². The number of nitrogens with zero attached hydrogens (tertiary/aromatic N) is 1. The zero-order valence-corrected chi connectivity index (χ0v) is 14.0. The molecule has 2 rings (SSSR count). The first-order valence-electron chi connectivity index (χ1n) is 7.27. The highest BCUT2D eigenvalue weighted by atomic mass is 32.2. The van der Waals surface area contributed by atoms with Crippen molar-refractivity contribution in [2.24, 2.45) is 0 Å². The Bertz CT molecular complexity index is 765. The fourth-order valence-electron chi connectivity index (χ4n) is 2.03. The summed E-state index contributed by atoms with van der Waals surface area (Å²) in [6.45, 7) is 0.332. The number of hydrogen-bond acceptors (Lipinski definition) is 5. The Balaban J connectivity index is 1.80. The molecule has 0 spiro atoms. The number of ether oxygens (including phenoxy) is 2. The van der Waals surface area contributed by atoms with E-state index in [-0.39, 0.29) is 13.2 Å². The number of hydrogen-bond donors (Lipinski definition) is 0. The molecule has 0 amide bonds. The van der Waals surface area contributed by atoms with E-state index >= 15 is 0 Å². The van der Waals surface area contributed by atoms with Crippen LogP contribution >= 0.6 is 0 Å². The van der Waals surface area contributed by atoms with Crippen LogP contribution in [0, 0.1) is 11.3 Å². The maximum Gasteiger partial charge on any atom is 0.338 e. The van der Waals surface area contributed by atoms with Crippen molar-refractivity contribution in [3.8, 4) is 11.8 Å². The van der Waals surface area contributed by atoms with Gasteiger partial charge in [-0.1, -0.05) is 12.1 Å². The largest absolute Gasteiger partial charge is 0.490 e. The molecule has 6 heteroatoms. The molecule has 0 fully saturated rings. The minimum atomic E-state index is -0.961. The Morgan fingerprint density at radius 1 is 1.17 bits per heavy atom. The van der Waals surface area contributed by atoms with Gasteiger partial charge in [-0.25, -0.2) is 4.79 Å². The molecule has 0 radical (unpaired) electrons. The Labute approximate surface area is 143 Å². The lowest BCUT2D eigenvalue weighted by Crippen LogP contribution is -2.12. The Hall–Kier alpha value is -2.65. The number of carbonyl (C=O) groups excluding carboxylic acids is 1. The molecule has 0 aliphatic heterocycles. The number of nitriles is 1. The van der Waals surface area contributed by atoms with Gasteiger partial charge in [0.15, 0.2) is 0 Å². The summed E-state index contributed by atoms with van der Waals surface area (Å²) < 4.78 is 21.8. The average molecular weight is 343 g/mol. The lowest BCUT2D eigenvalue weighted by Gasteiger charge is -2.08. The molecule has 0 N–H and O–H groups in total. The van der Waals surface area contributed by atoms with Gasteiger partial charge in [-0.15, -0.1) is 0 Å². The molecule has 1 unspecified atom stereocenters. The molecule has 0 aliphatic carbocycles. The van der Waals surface area contributed by atoms with Crippen LogP contribution < -0.4 is 4.74 Å². The molecule has 124 valence electrons. The van der Waals surface area contributed by atoms with Crippen molar-refractivity contribution in [1.29, 1.82) is 5.26 Å². The second kappa shape index (κ2) is 8.85. The Morgan fingerprint density at radius 3 is 2.58 bits per heavy atom. The number of esters is 1. The third-order valence-electron chi connectivity index (χ3n) is 3.10. The van der Waals surface area contributed by atoms with Gasteiger partial charge in [0.2, 0.25) is 0 Å². The lowest BCUT2D eigenvalue weighted by molar-refractivity contribution is 0.0450. The van der Waals surface area contributed by atoms with Crippen LogP contribution in [0.2, 0.25) is 0 Å². The highest BCUT2D eigenvalue weighted by Crippen LogP contribution is 2.12. The Morgan fingerprint density at radius 2 is 1.92 bits per heavy atom. The smallest absolute Gasteiger partial charge is 0.338 e. The number of benzene rings is 2. The van der Waals surface area contributed by atoms with Crippen LogP contribution in [0.5, 0.6) is 5.75 Å². The van der Waals surface area contributed by atoms with Crippen molar-refractivity contribution in [3.63, 3.8) is 0 Å². The molecule has 5 nitrogen and oxygen atoms in total. The van der Waals surface area contributed by atoms with Crippen molar-refractivity contribution in [3.05, 3.63) is 65.2 Å². The normalized spacial score (nSPS) is 11.3. The summed E-state index contributed by atoms with van der Waals surface area (Å²) >= 11 is 0. The third kappa shape index (κ3) is 5.52. The molecule has 2 aromatic rings. The molecular weight excluding hydrogens is 326 g/mol. The van der Waals surface area contributed by atoms with Crippen LogP contribution in [-0.2, 0) is 21.3 Å². The molecule has 0 aliphatic rings. The van der Waals surface area contributed by atoms with E-state index in [0.29, 0.717) is 22.6 Å². The zero-order valence-electron chi connectivity index (χ0n) is 13.2. The summed E-state index contributed by atoms with van der Waals surface area (Å²) in [4.78, 5) is 12.0. The van der Waals surface area contributed by atoms with Crippen LogP contribution in [0.15, 0.2) is 48.5 Å². The molecule has 24 heavy (non-hydrogen) atoms. The highest BCUT2D eigenvalue weighted by Gasteiger charge is 2.08. The van der Waals surface area contributed by atoms with Gasteiger partial charge in [0.1, 0.15) is 19.0 Å². The second-order valence-corrected chi connectivity index (χ2v) is 6.47. The van der Waals surface area contributed by atoms with E-state index in [2.05, 4.69) is 0 Å². The van der Waals surface area contributed by atoms with E-state index in [9.17, 15) is 9.00 Å². The summed E-state index contributed by atoms with van der Waals surface area (Å²) in [7, 11) is -0.961. The molecular formula is C18H17NO4S. The van der Waals surface area contributed by atoms with E-state index in [1.165, 1.54) is 0 Å². The molecule has 0 saturated heterocycles. The first kappa shape index (κ1) is 17.7. The Kier molecular flexibility index (Phi) is 6.52. The van der Waals surface area contributed by atoms with Gasteiger partial charge in [-0.2, -0.15) is 5.26 Å². The maximum absolute atomic E-state index is 12.0. The van der Waals surface area contributed by atoms with Gasteiger partial charge in [0, 0.05) is 22.8 Å². The summed E-state index contributed by atoms with van der Waals surface area (Å²) in [5.74, 6) is 0.572. The fraction of sp³-hybridized carbons (Fsp3) is 0.222. The predicted octanol–water partition coefficient (Wildman–Crippen LogP) is 2.67. The van der Waals surface area contributed by atoms with Gasteiger partial charge in [0.05, 0.1) is 17.2 Å². The maximum atomic E-state index is 12.0. The van der Waals surface area contributed by atoms with Crippen LogP contribution in [0.25, 0.3) is 0 Å². The standard InChI is InChI=1S/C18H17NO4S/c1-24(21)13-15-3-2-4-16(11-15)18(20)23-10-9-22-17-7-5-14(12-19)6-8-17/h2-8,11H,9-10,13H2,1H3. The van der Waals surface area contributed by atoms with Crippen molar-refractivity contribution < 1.29 is 18.5 Å². The number of carbonyl (C=O) groups is 1. The monoisotopic (exact) mass is 343 g/mol. The van der Waals surface area contributed by atoms with Gasteiger partial charge in [-0.05, 0) is 42.0 Å². The predicted molar refractivity (Wildman–Crippen MR) is 91.1 cm³/mol. The second-order valence-electron chi connectivity index (χ2n) is 5.04. The number of rotatable bonds is 7. The summed E-state index contributed by atoms with van der Waals surface area (Å²) in [6.07, 6.45) is 1.62. The quantitative estimate of drug-likeness (QED) is 0.571.